The first-order valence-electron chi connectivity index (χ1n) is 6.63. The highest BCUT2D eigenvalue weighted by Gasteiger charge is 2.35. The molecule has 0 fully saturated rings. The van der Waals surface area contributed by atoms with E-state index in [2.05, 4.69) is 32.3 Å². The van der Waals surface area contributed by atoms with Crippen LogP contribution in [0.5, 0.6) is 5.88 Å². The van der Waals surface area contributed by atoms with Crippen LogP contribution in [0.2, 0.25) is 0 Å². The number of hydrogen-bond donors (Lipinski definition) is 0. The number of hydrogen-bond acceptors (Lipinski definition) is 3. The Hall–Kier alpha value is -1.64. The maximum absolute atomic E-state index is 12.6. The van der Waals surface area contributed by atoms with Crippen LogP contribution in [-0.4, -0.2) is 10.8 Å². The van der Waals surface area contributed by atoms with Crippen molar-refractivity contribution in [3.63, 3.8) is 0 Å². The monoisotopic (exact) mass is 259 g/mol. The maximum Gasteiger partial charge on any atom is 0.229 e. The van der Waals surface area contributed by atoms with E-state index in [4.69, 9.17) is 4.74 Å². The summed E-state index contributed by atoms with van der Waals surface area (Å²) in [6.07, 6.45) is 1.77. The third kappa shape index (κ3) is 2.42. The second-order valence-electron chi connectivity index (χ2n) is 6.48. The number of ether oxygens (including phenoxy) is 1. The molecular weight excluding hydrogens is 238 g/mol. The van der Waals surface area contributed by atoms with Gasteiger partial charge in [-0.15, -0.1) is 0 Å². The van der Waals surface area contributed by atoms with Gasteiger partial charge in [-0.05, 0) is 23.0 Å². The first kappa shape index (κ1) is 13.8. The third-order valence-electron chi connectivity index (χ3n) is 3.51. The molecule has 1 atom stereocenters. The zero-order chi connectivity index (χ0) is 14.4. The lowest BCUT2D eigenvalue weighted by Gasteiger charge is -2.29. The van der Waals surface area contributed by atoms with Crippen molar-refractivity contribution in [2.75, 3.05) is 0 Å². The van der Waals surface area contributed by atoms with E-state index in [0.717, 1.165) is 5.56 Å². The average molecular weight is 259 g/mol. The number of ketones is 1. The van der Waals surface area contributed by atoms with Gasteiger partial charge in [-0.25, -0.2) is 4.98 Å². The molecule has 0 aliphatic carbocycles. The lowest BCUT2D eigenvalue weighted by molar-refractivity contribution is 0.0851. The van der Waals surface area contributed by atoms with Gasteiger partial charge in [0.05, 0.1) is 11.5 Å². The first-order valence-corrected chi connectivity index (χ1v) is 6.63. The molecule has 0 amide bonds. The van der Waals surface area contributed by atoms with Gasteiger partial charge in [0.2, 0.25) is 5.88 Å². The molecule has 3 nitrogen and oxygen atoms in total. The van der Waals surface area contributed by atoms with Crippen molar-refractivity contribution in [1.82, 2.24) is 4.98 Å². The van der Waals surface area contributed by atoms with Crippen molar-refractivity contribution < 1.29 is 9.53 Å². The summed E-state index contributed by atoms with van der Waals surface area (Å²) in [4.78, 5) is 16.8. The Kier molecular flexibility index (Phi) is 3.25. The molecule has 2 heterocycles. The van der Waals surface area contributed by atoms with Crippen molar-refractivity contribution in [3.05, 3.63) is 35.7 Å². The van der Waals surface area contributed by atoms with Gasteiger partial charge in [0, 0.05) is 6.20 Å². The second-order valence-corrected chi connectivity index (χ2v) is 6.48. The SMILES string of the molecule is C=C1Oc2ncc(C(C)(C)C)cc2C(=O)C1C(C)C. The summed E-state index contributed by atoms with van der Waals surface area (Å²) in [6, 6.07) is 1.91. The molecule has 0 N–H and O–H groups in total. The number of carbonyl (C=O) groups excluding carboxylic acids is 1. The van der Waals surface area contributed by atoms with Gasteiger partial charge >= 0.3 is 0 Å². The Bertz CT molecular complexity index is 538. The van der Waals surface area contributed by atoms with Crippen molar-refractivity contribution in [2.45, 2.75) is 40.0 Å². The van der Waals surface area contributed by atoms with E-state index < -0.39 is 0 Å². The molecule has 2 rings (SSSR count). The summed E-state index contributed by atoms with van der Waals surface area (Å²) < 4.78 is 5.62. The van der Waals surface area contributed by atoms with Crippen LogP contribution < -0.4 is 4.74 Å². The van der Waals surface area contributed by atoms with Crippen LogP contribution >= 0.6 is 0 Å². The fourth-order valence-electron chi connectivity index (χ4n) is 2.30. The summed E-state index contributed by atoms with van der Waals surface area (Å²) in [5.41, 5.74) is 1.58. The van der Waals surface area contributed by atoms with Gasteiger partial charge in [-0.2, -0.15) is 0 Å². The molecule has 1 aliphatic rings. The van der Waals surface area contributed by atoms with E-state index in [0.29, 0.717) is 17.2 Å². The van der Waals surface area contributed by atoms with Gasteiger partial charge in [0.1, 0.15) is 5.76 Å². The van der Waals surface area contributed by atoms with Crippen molar-refractivity contribution >= 4 is 5.78 Å². The zero-order valence-electron chi connectivity index (χ0n) is 12.3. The van der Waals surface area contributed by atoms with Gasteiger partial charge in [-0.3, -0.25) is 4.79 Å². The maximum atomic E-state index is 12.6. The number of nitrogens with zero attached hydrogens (tertiary/aromatic N) is 1. The zero-order valence-corrected chi connectivity index (χ0v) is 12.3. The number of aromatic nitrogens is 1. The minimum atomic E-state index is -0.274. The number of pyridine rings is 1. The van der Waals surface area contributed by atoms with Crippen molar-refractivity contribution in [2.24, 2.45) is 11.8 Å². The van der Waals surface area contributed by atoms with Crippen LogP contribution in [0.25, 0.3) is 0 Å². The molecule has 0 saturated heterocycles. The summed E-state index contributed by atoms with van der Waals surface area (Å²) in [5, 5.41) is 0. The fourth-order valence-corrected chi connectivity index (χ4v) is 2.30. The lowest BCUT2D eigenvalue weighted by Crippen LogP contribution is -2.30. The van der Waals surface area contributed by atoms with Gasteiger partial charge < -0.3 is 4.74 Å². The smallest absolute Gasteiger partial charge is 0.229 e. The normalized spacial score (nSPS) is 19.4. The summed E-state index contributed by atoms with van der Waals surface area (Å²) >= 11 is 0. The highest BCUT2D eigenvalue weighted by Crippen LogP contribution is 2.36. The standard InChI is InChI=1S/C16H21NO2/c1-9(2)13-10(3)19-15-12(14(13)18)7-11(8-17-15)16(4,5)6/h7-9,13H,3H2,1-2,4-6H3. The minimum Gasteiger partial charge on any atom is -0.443 e. The van der Waals surface area contributed by atoms with E-state index >= 15 is 0 Å². The first-order chi connectivity index (χ1) is 8.71. The highest BCUT2D eigenvalue weighted by atomic mass is 16.5. The van der Waals surface area contributed by atoms with Crippen LogP contribution in [0.4, 0.5) is 0 Å². The van der Waals surface area contributed by atoms with Crippen LogP contribution in [-0.2, 0) is 5.41 Å². The molecule has 0 bridgehead atoms. The molecule has 3 heteroatoms. The van der Waals surface area contributed by atoms with E-state index in [1.807, 2.05) is 19.9 Å². The molecule has 1 unspecified atom stereocenters. The van der Waals surface area contributed by atoms with Gasteiger partial charge in [0.15, 0.2) is 5.78 Å². The number of Topliss-reactive ketones (excluding diaryl/α,β-unsaturated/α-hetero) is 1. The van der Waals surface area contributed by atoms with Gasteiger partial charge in [0.25, 0.3) is 0 Å². The van der Waals surface area contributed by atoms with Crippen molar-refractivity contribution in [1.29, 1.82) is 0 Å². The molecule has 1 aromatic heterocycles. The molecule has 0 saturated carbocycles. The second kappa shape index (κ2) is 4.48. The number of carbonyl (C=O) groups is 1. The Morgan fingerprint density at radius 2 is 2.00 bits per heavy atom. The quantitative estimate of drug-likeness (QED) is 0.771. The predicted octanol–water partition coefficient (Wildman–Crippen LogP) is 3.74. The van der Waals surface area contributed by atoms with E-state index in [1.54, 1.807) is 6.20 Å². The summed E-state index contributed by atoms with van der Waals surface area (Å²) in [7, 11) is 0. The van der Waals surface area contributed by atoms with E-state index in [9.17, 15) is 4.79 Å². The largest absolute Gasteiger partial charge is 0.443 e. The molecular formula is C16H21NO2. The van der Waals surface area contributed by atoms with Crippen molar-refractivity contribution in [3.8, 4) is 5.88 Å². The summed E-state index contributed by atoms with van der Waals surface area (Å²) in [5.74, 6) is 0.860. The average Bonchev–Trinajstić information content (AvgIpc) is 2.26. The topological polar surface area (TPSA) is 39.2 Å². The molecule has 0 radical (unpaired) electrons. The van der Waals surface area contributed by atoms with Crippen LogP contribution in [0.1, 0.15) is 50.5 Å². The lowest BCUT2D eigenvalue weighted by atomic mass is 9.82. The number of fused-ring (bicyclic) bond motifs is 1. The number of rotatable bonds is 1. The molecule has 0 spiro atoms. The molecule has 1 aliphatic heterocycles. The highest BCUT2D eigenvalue weighted by molar-refractivity contribution is 6.02. The Labute approximate surface area is 114 Å². The summed E-state index contributed by atoms with van der Waals surface area (Å²) in [6.45, 7) is 14.2. The molecule has 102 valence electrons. The predicted molar refractivity (Wildman–Crippen MR) is 75.4 cm³/mol. The number of allylic oxidation sites excluding steroid dienone is 1. The Morgan fingerprint density at radius 3 is 2.53 bits per heavy atom. The Balaban J connectivity index is 2.51. The van der Waals surface area contributed by atoms with Crippen LogP contribution in [0.3, 0.4) is 0 Å². The third-order valence-corrected chi connectivity index (χ3v) is 3.51. The molecule has 19 heavy (non-hydrogen) atoms. The van der Waals surface area contributed by atoms with Gasteiger partial charge in [-0.1, -0.05) is 41.2 Å². The minimum absolute atomic E-state index is 0.0376. The molecule has 0 aromatic carbocycles. The van der Waals surface area contributed by atoms with E-state index in [1.165, 1.54) is 0 Å². The van der Waals surface area contributed by atoms with Crippen LogP contribution in [0.15, 0.2) is 24.6 Å². The fraction of sp³-hybridized carbons (Fsp3) is 0.500. The molecule has 1 aromatic rings. The van der Waals surface area contributed by atoms with E-state index in [-0.39, 0.29) is 23.0 Å². The Morgan fingerprint density at radius 1 is 1.37 bits per heavy atom. The van der Waals surface area contributed by atoms with Crippen LogP contribution in [0, 0.1) is 11.8 Å².